The average Bonchev–Trinajstić information content (AvgIpc) is 3.07. The second-order valence-corrected chi connectivity index (χ2v) is 7.32. The number of fused-ring (bicyclic) bond motifs is 1. The third kappa shape index (κ3) is 5.06. The molecule has 1 aromatic heterocycles. The fourth-order valence-corrected chi connectivity index (χ4v) is 3.58. The molecule has 5 nitrogen and oxygen atoms in total. The highest BCUT2D eigenvalue weighted by Gasteiger charge is 2.15. The van der Waals surface area contributed by atoms with Crippen molar-refractivity contribution in [3.63, 3.8) is 0 Å². The smallest absolute Gasteiger partial charge is 0.306 e. The van der Waals surface area contributed by atoms with Gasteiger partial charge in [-0.1, -0.05) is 47.5 Å². The van der Waals surface area contributed by atoms with E-state index in [2.05, 4.69) is 10.3 Å². The molecule has 0 radical (unpaired) electrons. The third-order valence-electron chi connectivity index (χ3n) is 4.44. The van der Waals surface area contributed by atoms with Crippen molar-refractivity contribution in [2.75, 3.05) is 6.61 Å². The molecule has 0 spiro atoms. The Kier molecular flexibility index (Phi) is 6.60. The summed E-state index contributed by atoms with van der Waals surface area (Å²) in [7, 11) is 0. The number of para-hydroxylation sites is 1. The lowest BCUT2D eigenvalue weighted by Crippen LogP contribution is -2.31. The quantitative estimate of drug-likeness (QED) is 0.539. The summed E-state index contributed by atoms with van der Waals surface area (Å²) < 4.78 is 5.09. The maximum absolute atomic E-state index is 12.1. The van der Waals surface area contributed by atoms with Crippen LogP contribution >= 0.6 is 23.2 Å². The van der Waals surface area contributed by atoms with E-state index in [0.29, 0.717) is 16.5 Å². The van der Waals surface area contributed by atoms with Gasteiger partial charge >= 0.3 is 5.97 Å². The Morgan fingerprint density at radius 3 is 2.75 bits per heavy atom. The van der Waals surface area contributed by atoms with Gasteiger partial charge in [-0.2, -0.15) is 0 Å². The molecule has 1 atom stereocenters. The normalized spacial score (nSPS) is 12.0. The van der Waals surface area contributed by atoms with Crippen molar-refractivity contribution < 1.29 is 14.3 Å². The molecule has 0 bridgehead atoms. The van der Waals surface area contributed by atoms with Crippen LogP contribution in [0, 0.1) is 0 Å². The second kappa shape index (κ2) is 9.13. The fraction of sp³-hybridized carbons (Fsp3) is 0.238. The molecule has 0 aliphatic rings. The Balaban J connectivity index is 1.45. The number of H-pyrrole nitrogens is 1. The molecule has 0 aliphatic carbocycles. The SMILES string of the molecule is CC(NC(=O)COC(=O)CCc1c[nH]c2ccccc12)c1ccc(Cl)cc1Cl. The standard InChI is InChI=1S/C21H20Cl2N2O3/c1-13(16-8-7-15(22)10-18(16)23)25-20(26)12-28-21(27)9-6-14-11-24-19-5-3-2-4-17(14)19/h2-5,7-8,10-11,13,24H,6,9,12H2,1H3,(H,25,26). The number of carbonyl (C=O) groups excluding carboxylic acids is 2. The van der Waals surface area contributed by atoms with E-state index in [1.165, 1.54) is 0 Å². The van der Waals surface area contributed by atoms with Crippen LogP contribution in [0.5, 0.6) is 0 Å². The van der Waals surface area contributed by atoms with E-state index in [9.17, 15) is 9.59 Å². The Morgan fingerprint density at radius 2 is 1.96 bits per heavy atom. The summed E-state index contributed by atoms with van der Waals surface area (Å²) in [5.74, 6) is -0.809. The maximum Gasteiger partial charge on any atom is 0.306 e. The van der Waals surface area contributed by atoms with Gasteiger partial charge in [-0.15, -0.1) is 0 Å². The van der Waals surface area contributed by atoms with E-state index < -0.39 is 5.97 Å². The molecular weight excluding hydrogens is 399 g/mol. The molecule has 0 saturated carbocycles. The minimum atomic E-state index is -0.419. The van der Waals surface area contributed by atoms with Crippen LogP contribution < -0.4 is 5.32 Å². The van der Waals surface area contributed by atoms with Gasteiger partial charge in [0, 0.05) is 33.6 Å². The van der Waals surface area contributed by atoms with Gasteiger partial charge in [0.15, 0.2) is 6.61 Å². The first-order valence-corrected chi connectivity index (χ1v) is 9.64. The molecule has 1 unspecified atom stereocenters. The number of nitrogens with one attached hydrogen (secondary N) is 2. The molecule has 0 fully saturated rings. The van der Waals surface area contributed by atoms with E-state index in [1.54, 1.807) is 25.1 Å². The molecule has 2 aromatic carbocycles. The van der Waals surface area contributed by atoms with Crippen molar-refractivity contribution in [3.8, 4) is 0 Å². The van der Waals surface area contributed by atoms with Crippen molar-refractivity contribution in [2.24, 2.45) is 0 Å². The van der Waals surface area contributed by atoms with Crippen LogP contribution in [0.2, 0.25) is 10.0 Å². The van der Waals surface area contributed by atoms with Gasteiger partial charge in [0.2, 0.25) is 0 Å². The van der Waals surface area contributed by atoms with E-state index in [4.69, 9.17) is 27.9 Å². The Bertz CT molecular complexity index is 1000. The number of aromatic nitrogens is 1. The van der Waals surface area contributed by atoms with Gasteiger partial charge in [0.25, 0.3) is 5.91 Å². The average molecular weight is 419 g/mol. The molecule has 0 saturated heterocycles. The first kappa shape index (κ1) is 20.2. The summed E-state index contributed by atoms with van der Waals surface area (Å²) in [5.41, 5.74) is 2.81. The molecule has 3 aromatic rings. The minimum absolute atomic E-state index is 0.202. The summed E-state index contributed by atoms with van der Waals surface area (Å²) in [5, 5.41) is 4.83. The zero-order valence-corrected chi connectivity index (χ0v) is 16.8. The van der Waals surface area contributed by atoms with Crippen LogP contribution in [0.25, 0.3) is 10.9 Å². The topological polar surface area (TPSA) is 71.2 Å². The number of hydrogen-bond acceptors (Lipinski definition) is 3. The van der Waals surface area contributed by atoms with Crippen molar-refractivity contribution >= 4 is 46.0 Å². The summed E-state index contributed by atoms with van der Waals surface area (Å²) in [6, 6.07) is 12.6. The Labute approximate surface area is 173 Å². The Morgan fingerprint density at radius 1 is 1.18 bits per heavy atom. The van der Waals surface area contributed by atoms with Crippen molar-refractivity contribution in [3.05, 3.63) is 69.8 Å². The number of esters is 1. The number of rotatable bonds is 7. The van der Waals surface area contributed by atoms with Crippen molar-refractivity contribution in [1.29, 1.82) is 0 Å². The number of aryl methyl sites for hydroxylation is 1. The first-order chi connectivity index (χ1) is 13.4. The van der Waals surface area contributed by atoms with E-state index in [1.807, 2.05) is 30.5 Å². The molecule has 3 rings (SSSR count). The van der Waals surface area contributed by atoms with Crippen molar-refractivity contribution in [2.45, 2.75) is 25.8 Å². The van der Waals surface area contributed by atoms with Crippen LogP contribution in [-0.4, -0.2) is 23.5 Å². The molecule has 2 N–H and O–H groups in total. The second-order valence-electron chi connectivity index (χ2n) is 6.48. The molecule has 1 amide bonds. The van der Waals surface area contributed by atoms with Crippen LogP contribution in [0.15, 0.2) is 48.7 Å². The van der Waals surface area contributed by atoms with E-state index >= 15 is 0 Å². The van der Waals surface area contributed by atoms with Crippen LogP contribution in [-0.2, 0) is 20.7 Å². The summed E-state index contributed by atoms with van der Waals surface area (Å²) in [6.45, 7) is 1.47. The number of carbonyl (C=O) groups is 2. The van der Waals surface area contributed by atoms with Crippen molar-refractivity contribution in [1.82, 2.24) is 10.3 Å². The zero-order valence-electron chi connectivity index (χ0n) is 15.3. The monoisotopic (exact) mass is 418 g/mol. The highest BCUT2D eigenvalue weighted by Crippen LogP contribution is 2.26. The highest BCUT2D eigenvalue weighted by atomic mass is 35.5. The molecular formula is C21H20Cl2N2O3. The summed E-state index contributed by atoms with van der Waals surface area (Å²) in [6.07, 6.45) is 2.64. The predicted molar refractivity (Wildman–Crippen MR) is 111 cm³/mol. The van der Waals surface area contributed by atoms with Gasteiger partial charge < -0.3 is 15.0 Å². The molecule has 0 aliphatic heterocycles. The third-order valence-corrected chi connectivity index (χ3v) is 5.01. The van der Waals surface area contributed by atoms with Gasteiger partial charge in [0.05, 0.1) is 6.04 Å². The fourth-order valence-electron chi connectivity index (χ4n) is 3.01. The lowest BCUT2D eigenvalue weighted by atomic mass is 10.1. The lowest BCUT2D eigenvalue weighted by molar-refractivity contribution is -0.148. The summed E-state index contributed by atoms with van der Waals surface area (Å²) in [4.78, 5) is 27.2. The number of benzene rings is 2. The predicted octanol–water partition coefficient (Wildman–Crippen LogP) is 4.83. The number of ether oxygens (including phenoxy) is 1. The zero-order chi connectivity index (χ0) is 20.1. The Hall–Kier alpha value is -2.50. The number of amides is 1. The molecule has 28 heavy (non-hydrogen) atoms. The summed E-state index contributed by atoms with van der Waals surface area (Å²) >= 11 is 12.0. The van der Waals surface area contributed by atoms with Gasteiger partial charge in [-0.3, -0.25) is 9.59 Å². The van der Waals surface area contributed by atoms with E-state index in [0.717, 1.165) is 22.0 Å². The number of hydrogen-bond donors (Lipinski definition) is 2. The largest absolute Gasteiger partial charge is 0.456 e. The molecule has 1 heterocycles. The van der Waals surface area contributed by atoms with Gasteiger partial charge in [0.1, 0.15) is 0 Å². The van der Waals surface area contributed by atoms with Gasteiger partial charge in [-0.25, -0.2) is 0 Å². The van der Waals surface area contributed by atoms with Crippen LogP contribution in [0.3, 0.4) is 0 Å². The molecule has 146 valence electrons. The van der Waals surface area contributed by atoms with Crippen LogP contribution in [0.1, 0.15) is 30.5 Å². The highest BCUT2D eigenvalue weighted by molar-refractivity contribution is 6.35. The van der Waals surface area contributed by atoms with Gasteiger partial charge in [-0.05, 0) is 42.7 Å². The minimum Gasteiger partial charge on any atom is -0.456 e. The lowest BCUT2D eigenvalue weighted by Gasteiger charge is -2.16. The number of aromatic amines is 1. The molecule has 7 heteroatoms. The maximum atomic E-state index is 12.1. The van der Waals surface area contributed by atoms with Crippen LogP contribution in [0.4, 0.5) is 0 Å². The first-order valence-electron chi connectivity index (χ1n) is 8.89. The van der Waals surface area contributed by atoms with E-state index in [-0.39, 0.29) is 25.0 Å². The number of halogens is 2.